The van der Waals surface area contributed by atoms with Gasteiger partial charge < -0.3 is 10.0 Å². The Hall–Kier alpha value is -2.01. The fraction of sp³-hybridized carbons (Fsp3) is 0.357. The van der Waals surface area contributed by atoms with E-state index in [9.17, 15) is 9.90 Å². The average Bonchev–Trinajstić information content (AvgIpc) is 2.46. The van der Waals surface area contributed by atoms with Crippen molar-refractivity contribution in [2.24, 2.45) is 0 Å². The molecule has 0 radical (unpaired) electrons. The van der Waals surface area contributed by atoms with E-state index in [0.717, 1.165) is 18.4 Å². The highest BCUT2D eigenvalue weighted by molar-refractivity contribution is 5.93. The Balaban J connectivity index is 1.88. The van der Waals surface area contributed by atoms with Gasteiger partial charge in [0.2, 0.25) is 0 Å². The van der Waals surface area contributed by atoms with E-state index < -0.39 is 6.10 Å². The summed E-state index contributed by atoms with van der Waals surface area (Å²) >= 11 is 0. The zero-order chi connectivity index (χ0) is 13.2. The van der Waals surface area contributed by atoms with Crippen molar-refractivity contribution in [3.05, 3.63) is 36.2 Å². The smallest absolute Gasteiger partial charge is 0.274 e. The number of piperidine rings is 1. The predicted octanol–water partition coefficient (Wildman–Crippen LogP) is 1.23. The number of carbonyl (C=O) groups excluding carboxylic acids is 1. The van der Waals surface area contributed by atoms with Gasteiger partial charge >= 0.3 is 0 Å². The van der Waals surface area contributed by atoms with Crippen LogP contribution < -0.4 is 0 Å². The Labute approximate surface area is 110 Å². The first kappa shape index (κ1) is 12.0. The Morgan fingerprint density at radius 1 is 1.32 bits per heavy atom. The highest BCUT2D eigenvalue weighted by atomic mass is 16.3. The minimum Gasteiger partial charge on any atom is -0.391 e. The van der Waals surface area contributed by atoms with Gasteiger partial charge in [0.05, 0.1) is 23.3 Å². The molecule has 1 aromatic heterocycles. The van der Waals surface area contributed by atoms with Crippen LogP contribution in [-0.4, -0.2) is 45.1 Å². The molecular weight excluding hydrogens is 242 g/mol. The number of aliphatic hydroxyl groups excluding tert-OH is 1. The summed E-state index contributed by atoms with van der Waals surface area (Å²) in [6, 6.07) is 7.46. The number of hydrogen-bond donors (Lipinski definition) is 1. The highest BCUT2D eigenvalue weighted by Gasteiger charge is 2.24. The lowest BCUT2D eigenvalue weighted by Gasteiger charge is -2.29. The third-order valence-corrected chi connectivity index (χ3v) is 3.35. The number of aliphatic hydroxyl groups is 1. The molecule has 5 heteroatoms. The van der Waals surface area contributed by atoms with Crippen LogP contribution in [0.3, 0.4) is 0 Å². The molecule has 1 atom stereocenters. The van der Waals surface area contributed by atoms with Crippen molar-refractivity contribution < 1.29 is 9.90 Å². The fourth-order valence-electron chi connectivity index (χ4n) is 2.36. The van der Waals surface area contributed by atoms with Gasteiger partial charge in [-0.3, -0.25) is 9.78 Å². The number of rotatable bonds is 1. The van der Waals surface area contributed by atoms with Crippen molar-refractivity contribution in [2.45, 2.75) is 18.9 Å². The number of para-hydroxylation sites is 2. The lowest BCUT2D eigenvalue weighted by molar-refractivity contribution is 0.0469. The number of aromatic nitrogens is 2. The van der Waals surface area contributed by atoms with Crippen LogP contribution in [0.25, 0.3) is 11.0 Å². The van der Waals surface area contributed by atoms with Gasteiger partial charge in [-0.25, -0.2) is 4.98 Å². The summed E-state index contributed by atoms with van der Waals surface area (Å²) in [6.07, 6.45) is 2.67. The topological polar surface area (TPSA) is 66.3 Å². The lowest BCUT2D eigenvalue weighted by Crippen LogP contribution is -2.42. The van der Waals surface area contributed by atoms with Crippen LogP contribution in [0.4, 0.5) is 0 Å². The molecule has 1 fully saturated rings. The molecule has 1 N–H and O–H groups in total. The van der Waals surface area contributed by atoms with Gasteiger partial charge in [-0.05, 0) is 25.0 Å². The molecule has 2 aromatic rings. The molecule has 1 aliphatic heterocycles. The summed E-state index contributed by atoms with van der Waals surface area (Å²) in [5.74, 6) is -0.156. The van der Waals surface area contributed by atoms with E-state index in [-0.39, 0.29) is 5.91 Å². The zero-order valence-electron chi connectivity index (χ0n) is 10.5. The number of fused-ring (bicyclic) bond motifs is 1. The average molecular weight is 257 g/mol. The molecule has 3 rings (SSSR count). The van der Waals surface area contributed by atoms with E-state index in [4.69, 9.17) is 0 Å². The second-order valence-electron chi connectivity index (χ2n) is 4.79. The monoisotopic (exact) mass is 257 g/mol. The third-order valence-electron chi connectivity index (χ3n) is 3.35. The van der Waals surface area contributed by atoms with Crippen molar-refractivity contribution in [1.82, 2.24) is 14.9 Å². The standard InChI is InChI=1S/C14H15N3O2/c18-10-4-3-7-17(9-10)14(19)13-8-15-11-5-1-2-6-12(11)16-13/h1-2,5-6,8,10,18H,3-4,7,9H2/t10-/m0/s1. The summed E-state index contributed by atoms with van der Waals surface area (Å²) in [5, 5.41) is 9.62. The second kappa shape index (κ2) is 4.93. The molecular formula is C14H15N3O2. The maximum atomic E-state index is 12.3. The van der Waals surface area contributed by atoms with Gasteiger partial charge in [-0.1, -0.05) is 12.1 Å². The van der Waals surface area contributed by atoms with E-state index in [1.54, 1.807) is 4.90 Å². The molecule has 1 amide bonds. The number of nitrogens with zero attached hydrogens (tertiary/aromatic N) is 3. The van der Waals surface area contributed by atoms with Gasteiger partial charge in [-0.2, -0.15) is 0 Å². The van der Waals surface area contributed by atoms with E-state index in [0.29, 0.717) is 24.3 Å². The van der Waals surface area contributed by atoms with Gasteiger partial charge in [0.1, 0.15) is 5.69 Å². The van der Waals surface area contributed by atoms with Crippen molar-refractivity contribution in [1.29, 1.82) is 0 Å². The van der Waals surface area contributed by atoms with Crippen LogP contribution in [0, 0.1) is 0 Å². The first-order valence-corrected chi connectivity index (χ1v) is 6.43. The number of amides is 1. The van der Waals surface area contributed by atoms with Gasteiger partial charge in [0.15, 0.2) is 0 Å². The van der Waals surface area contributed by atoms with Gasteiger partial charge in [0.25, 0.3) is 5.91 Å². The van der Waals surface area contributed by atoms with Crippen LogP contribution in [0.15, 0.2) is 30.5 Å². The first-order valence-electron chi connectivity index (χ1n) is 6.43. The molecule has 5 nitrogen and oxygen atoms in total. The maximum Gasteiger partial charge on any atom is 0.274 e. The first-order chi connectivity index (χ1) is 9.24. The van der Waals surface area contributed by atoms with E-state index >= 15 is 0 Å². The van der Waals surface area contributed by atoms with Crippen LogP contribution in [-0.2, 0) is 0 Å². The predicted molar refractivity (Wildman–Crippen MR) is 70.7 cm³/mol. The number of carbonyl (C=O) groups is 1. The SMILES string of the molecule is O=C(c1cnc2ccccc2n1)N1CCC[C@H](O)C1. The van der Waals surface area contributed by atoms with Crippen molar-refractivity contribution in [3.8, 4) is 0 Å². The second-order valence-corrected chi connectivity index (χ2v) is 4.79. The van der Waals surface area contributed by atoms with Crippen molar-refractivity contribution >= 4 is 16.9 Å². The molecule has 19 heavy (non-hydrogen) atoms. The Bertz CT molecular complexity index is 614. The van der Waals surface area contributed by atoms with Crippen LogP contribution in [0.5, 0.6) is 0 Å². The molecule has 98 valence electrons. The van der Waals surface area contributed by atoms with Crippen molar-refractivity contribution in [2.75, 3.05) is 13.1 Å². The van der Waals surface area contributed by atoms with Crippen LogP contribution >= 0.6 is 0 Å². The Morgan fingerprint density at radius 2 is 2.11 bits per heavy atom. The number of likely N-dealkylation sites (tertiary alicyclic amines) is 1. The minimum atomic E-state index is -0.425. The van der Waals surface area contributed by atoms with Crippen LogP contribution in [0.2, 0.25) is 0 Å². The molecule has 0 aliphatic carbocycles. The molecule has 0 bridgehead atoms. The minimum absolute atomic E-state index is 0.156. The molecule has 1 aromatic carbocycles. The van der Waals surface area contributed by atoms with E-state index in [1.807, 2.05) is 24.3 Å². The number of β-amino-alcohol motifs (C(OH)–C–C–N with tert-alkyl or cyclic N) is 1. The van der Waals surface area contributed by atoms with Gasteiger partial charge in [-0.15, -0.1) is 0 Å². The van der Waals surface area contributed by atoms with Crippen LogP contribution in [0.1, 0.15) is 23.3 Å². The van der Waals surface area contributed by atoms with Gasteiger partial charge in [0, 0.05) is 13.1 Å². The normalized spacial score (nSPS) is 19.6. The molecule has 1 saturated heterocycles. The molecule has 0 unspecified atom stereocenters. The Morgan fingerprint density at radius 3 is 2.89 bits per heavy atom. The van der Waals surface area contributed by atoms with Crippen molar-refractivity contribution in [3.63, 3.8) is 0 Å². The summed E-state index contributed by atoms with van der Waals surface area (Å²) < 4.78 is 0. The number of benzene rings is 1. The summed E-state index contributed by atoms with van der Waals surface area (Å²) in [6.45, 7) is 1.05. The number of hydrogen-bond acceptors (Lipinski definition) is 4. The largest absolute Gasteiger partial charge is 0.391 e. The summed E-state index contributed by atoms with van der Waals surface area (Å²) in [7, 11) is 0. The highest BCUT2D eigenvalue weighted by Crippen LogP contribution is 2.14. The summed E-state index contributed by atoms with van der Waals surface area (Å²) in [5.41, 5.74) is 1.83. The molecule has 1 aliphatic rings. The van der Waals surface area contributed by atoms with E-state index in [2.05, 4.69) is 9.97 Å². The lowest BCUT2D eigenvalue weighted by atomic mass is 10.1. The fourth-order valence-corrected chi connectivity index (χ4v) is 2.36. The Kier molecular flexibility index (Phi) is 3.13. The zero-order valence-corrected chi connectivity index (χ0v) is 10.5. The van der Waals surface area contributed by atoms with E-state index in [1.165, 1.54) is 6.20 Å². The molecule has 0 saturated carbocycles. The quantitative estimate of drug-likeness (QED) is 0.834. The maximum absolute atomic E-state index is 12.3. The third kappa shape index (κ3) is 2.42. The summed E-state index contributed by atoms with van der Waals surface area (Å²) in [4.78, 5) is 22.5. The molecule has 0 spiro atoms. The molecule has 2 heterocycles.